The van der Waals surface area contributed by atoms with E-state index in [4.69, 9.17) is 9.84 Å². The maximum atomic E-state index is 12.9. The number of carbonyl (C=O) groups excluding carboxylic acids is 2. The summed E-state index contributed by atoms with van der Waals surface area (Å²) in [6.07, 6.45) is 2.50. The molecule has 0 fully saturated rings. The third-order valence-electron chi connectivity index (χ3n) is 4.48. The zero-order chi connectivity index (χ0) is 20.0. The molecule has 1 aromatic heterocycles. The smallest absolute Gasteiger partial charge is 0.328 e. The molecule has 1 atom stereocenters. The third kappa shape index (κ3) is 5.07. The standard InChI is InChI=1S/C20H29N3O4/c1-20(2,3)17(19(26)27-4)21-18(25)16-14-10-6-7-11-15(14)23(22-16)12-8-5-9-13-24/h6-7,10-11,17,24H,5,8-9,12-13H2,1-4H3,(H,21,25). The van der Waals surface area contributed by atoms with Crippen molar-refractivity contribution in [2.45, 2.75) is 52.6 Å². The molecule has 2 rings (SSSR count). The van der Waals surface area contributed by atoms with E-state index in [0.29, 0.717) is 12.2 Å². The molecule has 0 aliphatic heterocycles. The SMILES string of the molecule is COC(=O)C(NC(=O)c1nn(CCCCCO)c2ccccc12)C(C)(C)C. The highest BCUT2D eigenvalue weighted by Crippen LogP contribution is 2.23. The maximum absolute atomic E-state index is 12.9. The van der Waals surface area contributed by atoms with Crippen molar-refractivity contribution in [1.29, 1.82) is 0 Å². The fraction of sp³-hybridized carbons (Fsp3) is 0.550. The van der Waals surface area contributed by atoms with Gasteiger partial charge in [-0.2, -0.15) is 5.10 Å². The molecule has 2 aromatic rings. The topological polar surface area (TPSA) is 93.5 Å². The van der Waals surface area contributed by atoms with Gasteiger partial charge in [0.2, 0.25) is 0 Å². The Morgan fingerprint density at radius 3 is 2.56 bits per heavy atom. The number of rotatable bonds is 8. The molecule has 0 radical (unpaired) electrons. The van der Waals surface area contributed by atoms with Crippen molar-refractivity contribution < 1.29 is 19.4 Å². The predicted octanol–water partition coefficient (Wildman–Crippen LogP) is 2.52. The molecular weight excluding hydrogens is 346 g/mol. The van der Waals surface area contributed by atoms with Gasteiger partial charge in [0.15, 0.2) is 5.69 Å². The summed E-state index contributed by atoms with van der Waals surface area (Å²) in [5.41, 5.74) is 0.675. The molecule has 1 heterocycles. The van der Waals surface area contributed by atoms with Gasteiger partial charge in [-0.1, -0.05) is 39.0 Å². The molecule has 0 bridgehead atoms. The number of hydrogen-bond acceptors (Lipinski definition) is 5. The third-order valence-corrected chi connectivity index (χ3v) is 4.48. The first-order chi connectivity index (χ1) is 12.8. The second kappa shape index (κ2) is 8.99. The number of hydrogen-bond donors (Lipinski definition) is 2. The van der Waals surface area contributed by atoms with Crippen molar-refractivity contribution >= 4 is 22.8 Å². The van der Waals surface area contributed by atoms with E-state index in [9.17, 15) is 9.59 Å². The lowest BCUT2D eigenvalue weighted by molar-refractivity contribution is -0.145. The van der Waals surface area contributed by atoms with Crippen LogP contribution in [0.1, 0.15) is 50.5 Å². The van der Waals surface area contributed by atoms with Crippen LogP contribution in [0.2, 0.25) is 0 Å². The van der Waals surface area contributed by atoms with Gasteiger partial charge in [0.25, 0.3) is 5.91 Å². The Morgan fingerprint density at radius 2 is 1.93 bits per heavy atom. The average Bonchev–Trinajstić information content (AvgIpc) is 3.00. The number of benzene rings is 1. The highest BCUT2D eigenvalue weighted by molar-refractivity contribution is 6.06. The van der Waals surface area contributed by atoms with Gasteiger partial charge in [-0.15, -0.1) is 0 Å². The molecule has 1 amide bonds. The molecule has 0 aliphatic carbocycles. The van der Waals surface area contributed by atoms with E-state index < -0.39 is 23.3 Å². The number of para-hydroxylation sites is 1. The van der Waals surface area contributed by atoms with Crippen LogP contribution in [0.3, 0.4) is 0 Å². The number of esters is 1. The number of amides is 1. The second-order valence-electron chi connectivity index (χ2n) is 7.67. The fourth-order valence-corrected chi connectivity index (χ4v) is 2.96. The van der Waals surface area contributed by atoms with Crippen molar-refractivity contribution in [2.75, 3.05) is 13.7 Å². The van der Waals surface area contributed by atoms with Crippen LogP contribution < -0.4 is 5.32 Å². The lowest BCUT2D eigenvalue weighted by Gasteiger charge is -2.28. The van der Waals surface area contributed by atoms with Gasteiger partial charge in [-0.25, -0.2) is 4.79 Å². The number of carbonyl (C=O) groups is 2. The molecule has 1 unspecified atom stereocenters. The number of nitrogens with zero attached hydrogens (tertiary/aromatic N) is 2. The number of aliphatic hydroxyl groups excluding tert-OH is 1. The molecule has 7 nitrogen and oxygen atoms in total. The van der Waals surface area contributed by atoms with E-state index >= 15 is 0 Å². The minimum Gasteiger partial charge on any atom is -0.467 e. The number of nitrogens with one attached hydrogen (secondary N) is 1. The van der Waals surface area contributed by atoms with Gasteiger partial charge < -0.3 is 15.2 Å². The minimum absolute atomic E-state index is 0.176. The maximum Gasteiger partial charge on any atom is 0.328 e. The summed E-state index contributed by atoms with van der Waals surface area (Å²) in [5.74, 6) is -0.880. The Hall–Kier alpha value is -2.41. The lowest BCUT2D eigenvalue weighted by atomic mass is 9.86. The number of unbranched alkanes of at least 4 members (excludes halogenated alkanes) is 2. The van der Waals surface area contributed by atoms with Gasteiger partial charge >= 0.3 is 5.97 Å². The van der Waals surface area contributed by atoms with Crippen LogP contribution in [0.25, 0.3) is 10.9 Å². The van der Waals surface area contributed by atoms with Crippen LogP contribution in [-0.4, -0.2) is 46.5 Å². The first-order valence-corrected chi connectivity index (χ1v) is 9.24. The van der Waals surface area contributed by atoms with E-state index in [2.05, 4.69) is 10.4 Å². The van der Waals surface area contributed by atoms with Crippen molar-refractivity contribution in [3.8, 4) is 0 Å². The van der Waals surface area contributed by atoms with Crippen LogP contribution in [0.4, 0.5) is 0 Å². The summed E-state index contributed by atoms with van der Waals surface area (Å²) in [4.78, 5) is 25.0. The number of aromatic nitrogens is 2. The zero-order valence-corrected chi connectivity index (χ0v) is 16.5. The molecule has 0 saturated carbocycles. The van der Waals surface area contributed by atoms with Gasteiger partial charge in [0, 0.05) is 18.5 Å². The average molecular weight is 375 g/mol. The van der Waals surface area contributed by atoms with E-state index in [0.717, 1.165) is 30.2 Å². The summed E-state index contributed by atoms with van der Waals surface area (Å²) in [5, 5.41) is 16.9. The summed E-state index contributed by atoms with van der Waals surface area (Å²) >= 11 is 0. The predicted molar refractivity (Wildman–Crippen MR) is 103 cm³/mol. The highest BCUT2D eigenvalue weighted by atomic mass is 16.5. The molecular formula is C20H29N3O4. The van der Waals surface area contributed by atoms with Crippen LogP contribution in [-0.2, 0) is 16.1 Å². The van der Waals surface area contributed by atoms with Crippen LogP contribution in [0.5, 0.6) is 0 Å². The van der Waals surface area contributed by atoms with Crippen LogP contribution >= 0.6 is 0 Å². The Labute approximate surface area is 159 Å². The largest absolute Gasteiger partial charge is 0.467 e. The molecule has 0 saturated heterocycles. The monoisotopic (exact) mass is 375 g/mol. The zero-order valence-electron chi connectivity index (χ0n) is 16.5. The van der Waals surface area contributed by atoms with E-state index in [1.54, 1.807) is 0 Å². The number of aliphatic hydroxyl groups is 1. The second-order valence-corrected chi connectivity index (χ2v) is 7.67. The first-order valence-electron chi connectivity index (χ1n) is 9.24. The van der Waals surface area contributed by atoms with Crippen molar-refractivity contribution in [1.82, 2.24) is 15.1 Å². The van der Waals surface area contributed by atoms with Gasteiger partial charge in [-0.3, -0.25) is 9.48 Å². The Balaban J connectivity index is 2.28. The molecule has 0 aliphatic rings. The lowest BCUT2D eigenvalue weighted by Crippen LogP contribution is -2.49. The quantitative estimate of drug-likeness (QED) is 0.546. The van der Waals surface area contributed by atoms with E-state index in [1.807, 2.05) is 49.7 Å². The number of ether oxygens (including phenoxy) is 1. The van der Waals surface area contributed by atoms with Gasteiger partial charge in [0.05, 0.1) is 12.6 Å². The molecule has 27 heavy (non-hydrogen) atoms. The normalized spacial score (nSPS) is 12.8. The molecule has 7 heteroatoms. The minimum atomic E-state index is -0.775. The van der Waals surface area contributed by atoms with E-state index in [-0.39, 0.29) is 6.61 Å². The van der Waals surface area contributed by atoms with Crippen molar-refractivity contribution in [3.05, 3.63) is 30.0 Å². The highest BCUT2D eigenvalue weighted by Gasteiger charge is 2.34. The molecule has 1 aromatic carbocycles. The summed E-state index contributed by atoms with van der Waals surface area (Å²) < 4.78 is 6.66. The summed E-state index contributed by atoms with van der Waals surface area (Å²) in [7, 11) is 1.31. The number of fused-ring (bicyclic) bond motifs is 1. The first kappa shape index (κ1) is 20.9. The summed E-state index contributed by atoms with van der Waals surface area (Å²) in [6.45, 7) is 6.44. The van der Waals surface area contributed by atoms with Crippen molar-refractivity contribution in [2.24, 2.45) is 5.41 Å². The van der Waals surface area contributed by atoms with Gasteiger partial charge in [-0.05, 0) is 30.7 Å². The Kier molecular flexibility index (Phi) is 6.96. The van der Waals surface area contributed by atoms with E-state index in [1.165, 1.54) is 7.11 Å². The molecule has 0 spiro atoms. The molecule has 148 valence electrons. The number of aryl methyl sites for hydroxylation is 1. The van der Waals surface area contributed by atoms with Crippen LogP contribution in [0.15, 0.2) is 24.3 Å². The summed E-state index contributed by atoms with van der Waals surface area (Å²) in [6, 6.07) is 6.77. The Morgan fingerprint density at radius 1 is 1.22 bits per heavy atom. The number of methoxy groups -OCH3 is 1. The fourth-order valence-electron chi connectivity index (χ4n) is 2.96. The van der Waals surface area contributed by atoms with Crippen molar-refractivity contribution in [3.63, 3.8) is 0 Å². The Bertz CT molecular complexity index is 792. The van der Waals surface area contributed by atoms with Crippen LogP contribution in [0, 0.1) is 5.41 Å². The molecule has 2 N–H and O–H groups in total. The van der Waals surface area contributed by atoms with Gasteiger partial charge in [0.1, 0.15) is 6.04 Å².